The molecule has 2 nitrogen and oxygen atoms in total. The third kappa shape index (κ3) is 4.15. The first-order valence-electron chi connectivity index (χ1n) is 2.91. The van der Waals surface area contributed by atoms with Crippen LogP contribution in [0.2, 0.25) is 5.82 Å². The monoisotopic (exact) mass is 116 g/mol. The standard InChI is InChI=1S/C5H13BO2/c1-5(3-4-7)6-8-2/h5-7H,3-4H2,1-2H3. The number of aliphatic hydroxyl groups is 1. The van der Waals surface area contributed by atoms with Crippen molar-refractivity contribution in [2.24, 2.45) is 0 Å². The molecule has 0 saturated heterocycles. The van der Waals surface area contributed by atoms with Crippen molar-refractivity contribution in [2.45, 2.75) is 19.2 Å². The molecule has 0 radical (unpaired) electrons. The Kier molecular flexibility index (Phi) is 5.12. The topological polar surface area (TPSA) is 29.5 Å². The van der Waals surface area contributed by atoms with Crippen LogP contribution in [0.25, 0.3) is 0 Å². The van der Waals surface area contributed by atoms with Gasteiger partial charge in [0.15, 0.2) is 0 Å². The number of aliphatic hydroxyl groups excluding tert-OH is 1. The molecule has 0 aromatic rings. The predicted molar refractivity (Wildman–Crippen MR) is 35.3 cm³/mol. The molecule has 0 spiro atoms. The van der Waals surface area contributed by atoms with Crippen LogP contribution in [0.1, 0.15) is 13.3 Å². The molecule has 0 bridgehead atoms. The SMILES string of the molecule is COBC(C)CCO. The molecule has 0 aliphatic rings. The molecule has 0 aliphatic carbocycles. The summed E-state index contributed by atoms with van der Waals surface area (Å²) in [4.78, 5) is 0. The zero-order valence-corrected chi connectivity index (χ0v) is 5.55. The third-order valence-electron chi connectivity index (χ3n) is 1.07. The maximum absolute atomic E-state index is 8.41. The summed E-state index contributed by atoms with van der Waals surface area (Å²) >= 11 is 0. The van der Waals surface area contributed by atoms with E-state index in [0.29, 0.717) is 5.82 Å². The van der Waals surface area contributed by atoms with E-state index in [9.17, 15) is 0 Å². The molecular formula is C5H13BO2. The van der Waals surface area contributed by atoms with Gasteiger partial charge in [-0.1, -0.05) is 6.92 Å². The van der Waals surface area contributed by atoms with Crippen LogP contribution in [0.15, 0.2) is 0 Å². The van der Waals surface area contributed by atoms with Crippen molar-refractivity contribution in [3.63, 3.8) is 0 Å². The van der Waals surface area contributed by atoms with Crippen LogP contribution >= 0.6 is 0 Å². The molecule has 0 aromatic carbocycles. The van der Waals surface area contributed by atoms with Crippen molar-refractivity contribution in [2.75, 3.05) is 13.7 Å². The Morgan fingerprint density at radius 2 is 2.38 bits per heavy atom. The van der Waals surface area contributed by atoms with Crippen LogP contribution < -0.4 is 0 Å². The molecule has 1 atom stereocenters. The van der Waals surface area contributed by atoms with Gasteiger partial charge >= 0.3 is 0 Å². The van der Waals surface area contributed by atoms with Crippen molar-refractivity contribution in [3.05, 3.63) is 0 Å². The second-order valence-electron chi connectivity index (χ2n) is 2.07. The van der Waals surface area contributed by atoms with Crippen LogP contribution in [0.4, 0.5) is 0 Å². The first-order valence-corrected chi connectivity index (χ1v) is 2.91. The highest BCUT2D eigenvalue weighted by Crippen LogP contribution is 2.04. The summed E-state index contributed by atoms with van der Waals surface area (Å²) in [6.45, 7) is 2.32. The van der Waals surface area contributed by atoms with Crippen molar-refractivity contribution in [3.8, 4) is 0 Å². The van der Waals surface area contributed by atoms with Gasteiger partial charge in [-0.15, -0.1) is 0 Å². The van der Waals surface area contributed by atoms with Crippen LogP contribution in [-0.2, 0) is 4.65 Å². The molecule has 48 valence electrons. The highest BCUT2D eigenvalue weighted by atomic mass is 16.4. The van der Waals surface area contributed by atoms with Crippen molar-refractivity contribution >= 4 is 7.48 Å². The van der Waals surface area contributed by atoms with Crippen LogP contribution in [0.5, 0.6) is 0 Å². The van der Waals surface area contributed by atoms with Gasteiger partial charge in [0.2, 0.25) is 0 Å². The molecule has 8 heavy (non-hydrogen) atoms. The summed E-state index contributed by atoms with van der Waals surface area (Å²) in [6, 6.07) is 0. The van der Waals surface area contributed by atoms with Gasteiger partial charge in [0, 0.05) is 13.7 Å². The van der Waals surface area contributed by atoms with Crippen molar-refractivity contribution in [1.82, 2.24) is 0 Å². The lowest BCUT2D eigenvalue weighted by atomic mass is 9.80. The average Bonchev–Trinajstić information content (AvgIpc) is 1.68. The number of hydrogen-bond donors (Lipinski definition) is 1. The summed E-state index contributed by atoms with van der Waals surface area (Å²) in [7, 11) is 2.43. The van der Waals surface area contributed by atoms with Gasteiger partial charge in [-0.05, 0) is 12.2 Å². The van der Waals surface area contributed by atoms with Gasteiger partial charge in [-0.25, -0.2) is 0 Å². The Hall–Kier alpha value is -0.0151. The van der Waals surface area contributed by atoms with Crippen molar-refractivity contribution in [1.29, 1.82) is 0 Å². The summed E-state index contributed by atoms with van der Waals surface area (Å²) in [5.74, 6) is 0.491. The second kappa shape index (κ2) is 5.13. The van der Waals surface area contributed by atoms with Gasteiger partial charge < -0.3 is 9.76 Å². The van der Waals surface area contributed by atoms with E-state index in [1.165, 1.54) is 0 Å². The normalized spacial score (nSPS) is 13.4. The Morgan fingerprint density at radius 3 is 2.75 bits per heavy atom. The summed E-state index contributed by atoms with van der Waals surface area (Å²) < 4.78 is 4.85. The predicted octanol–water partition coefficient (Wildman–Crippen LogP) is 0.175. The lowest BCUT2D eigenvalue weighted by Crippen LogP contribution is -2.03. The average molecular weight is 116 g/mol. The number of rotatable bonds is 4. The Bertz CT molecular complexity index is 43.7. The van der Waals surface area contributed by atoms with Gasteiger partial charge in [0.05, 0.1) is 0 Å². The minimum absolute atomic E-state index is 0.268. The van der Waals surface area contributed by atoms with E-state index >= 15 is 0 Å². The molecule has 1 N–H and O–H groups in total. The summed E-state index contributed by atoms with van der Waals surface area (Å²) in [5.41, 5.74) is 0. The fraction of sp³-hybridized carbons (Fsp3) is 1.00. The molecule has 0 aromatic heterocycles. The maximum Gasteiger partial charge on any atom is 0.277 e. The highest BCUT2D eigenvalue weighted by molar-refractivity contribution is 6.29. The summed E-state index contributed by atoms with van der Waals surface area (Å²) in [5, 5.41) is 8.41. The zero-order chi connectivity index (χ0) is 6.41. The fourth-order valence-corrected chi connectivity index (χ4v) is 0.588. The fourth-order valence-electron chi connectivity index (χ4n) is 0.588. The van der Waals surface area contributed by atoms with Crippen LogP contribution in [0.3, 0.4) is 0 Å². The van der Waals surface area contributed by atoms with Gasteiger partial charge in [0.1, 0.15) is 0 Å². The molecule has 1 unspecified atom stereocenters. The molecule has 3 heteroatoms. The number of hydrogen-bond acceptors (Lipinski definition) is 2. The quantitative estimate of drug-likeness (QED) is 0.530. The Balaban J connectivity index is 2.92. The largest absolute Gasteiger partial charge is 0.442 e. The lowest BCUT2D eigenvalue weighted by molar-refractivity contribution is 0.283. The molecule has 0 aliphatic heterocycles. The van der Waals surface area contributed by atoms with E-state index in [2.05, 4.69) is 6.92 Å². The van der Waals surface area contributed by atoms with Crippen LogP contribution in [-0.4, -0.2) is 26.3 Å². The molecule has 0 saturated carbocycles. The minimum atomic E-state index is 0.268. The minimum Gasteiger partial charge on any atom is -0.442 e. The molecule has 0 rings (SSSR count). The van der Waals surface area contributed by atoms with Gasteiger partial charge in [0.25, 0.3) is 7.48 Å². The first kappa shape index (κ1) is 7.98. The molecular weight excluding hydrogens is 103 g/mol. The van der Waals surface area contributed by atoms with Gasteiger partial charge in [-0.3, -0.25) is 0 Å². The van der Waals surface area contributed by atoms with Gasteiger partial charge in [-0.2, -0.15) is 0 Å². The van der Waals surface area contributed by atoms with E-state index < -0.39 is 0 Å². The lowest BCUT2D eigenvalue weighted by Gasteiger charge is -2.03. The highest BCUT2D eigenvalue weighted by Gasteiger charge is 2.00. The molecule has 0 heterocycles. The Labute approximate surface area is 51.1 Å². The van der Waals surface area contributed by atoms with E-state index in [4.69, 9.17) is 9.76 Å². The second-order valence-corrected chi connectivity index (χ2v) is 2.07. The Morgan fingerprint density at radius 1 is 1.75 bits per heavy atom. The zero-order valence-electron chi connectivity index (χ0n) is 5.55. The van der Waals surface area contributed by atoms with E-state index in [-0.39, 0.29) is 6.61 Å². The van der Waals surface area contributed by atoms with E-state index in [0.717, 1.165) is 13.9 Å². The van der Waals surface area contributed by atoms with Crippen molar-refractivity contribution < 1.29 is 9.76 Å². The molecule has 0 fully saturated rings. The van der Waals surface area contributed by atoms with Crippen LogP contribution in [0, 0.1) is 0 Å². The van der Waals surface area contributed by atoms with E-state index in [1.807, 2.05) is 0 Å². The smallest absolute Gasteiger partial charge is 0.277 e. The maximum atomic E-state index is 8.41. The summed E-state index contributed by atoms with van der Waals surface area (Å²) in [6.07, 6.45) is 0.841. The van der Waals surface area contributed by atoms with E-state index in [1.54, 1.807) is 7.11 Å². The first-order chi connectivity index (χ1) is 3.81. The molecule has 0 amide bonds. The third-order valence-corrected chi connectivity index (χ3v) is 1.07.